The van der Waals surface area contributed by atoms with Gasteiger partial charge in [0.15, 0.2) is 0 Å². The van der Waals surface area contributed by atoms with E-state index in [0.717, 1.165) is 6.54 Å². The van der Waals surface area contributed by atoms with Crippen molar-refractivity contribution in [3.63, 3.8) is 0 Å². The van der Waals surface area contributed by atoms with Crippen molar-refractivity contribution < 1.29 is 4.79 Å². The first kappa shape index (κ1) is 12.4. The van der Waals surface area contributed by atoms with E-state index in [0.29, 0.717) is 11.8 Å². The van der Waals surface area contributed by atoms with Crippen LogP contribution in [0.15, 0.2) is 0 Å². The number of rotatable bonds is 5. The Bertz CT molecular complexity index is 157. The van der Waals surface area contributed by atoms with Gasteiger partial charge in [-0.1, -0.05) is 20.8 Å². The third kappa shape index (κ3) is 4.88. The van der Waals surface area contributed by atoms with Crippen LogP contribution in [0.3, 0.4) is 0 Å². The minimum Gasteiger partial charge on any atom is -0.354 e. The molecule has 0 fully saturated rings. The van der Waals surface area contributed by atoms with Crippen LogP contribution in [0.5, 0.6) is 0 Å². The minimum atomic E-state index is -0.0978. The van der Waals surface area contributed by atoms with E-state index in [2.05, 4.69) is 31.4 Å². The molecule has 78 valence electrons. The summed E-state index contributed by atoms with van der Waals surface area (Å²) < 4.78 is 0. The second-order valence-corrected chi connectivity index (χ2v) is 3.98. The van der Waals surface area contributed by atoms with E-state index in [9.17, 15) is 4.79 Å². The number of nitrogens with one attached hydrogen (secondary N) is 2. The Morgan fingerprint density at radius 3 is 2.15 bits per heavy atom. The smallest absolute Gasteiger partial charge is 0.236 e. The molecule has 0 rings (SSSR count). The molecular formula is C10H22N2O. The summed E-state index contributed by atoms with van der Waals surface area (Å²) in [6, 6.07) is -0.0978. The number of carbonyl (C=O) groups is 1. The lowest BCUT2D eigenvalue weighted by Gasteiger charge is -2.17. The summed E-state index contributed by atoms with van der Waals surface area (Å²) in [6.45, 7) is 9.10. The van der Waals surface area contributed by atoms with E-state index in [1.807, 2.05) is 6.92 Å². The maximum absolute atomic E-state index is 11.3. The van der Waals surface area contributed by atoms with Gasteiger partial charge in [0.05, 0.1) is 6.04 Å². The van der Waals surface area contributed by atoms with E-state index < -0.39 is 0 Å². The van der Waals surface area contributed by atoms with Crippen LogP contribution in [0.2, 0.25) is 0 Å². The Morgan fingerprint density at radius 1 is 1.23 bits per heavy atom. The first-order chi connectivity index (χ1) is 5.99. The summed E-state index contributed by atoms with van der Waals surface area (Å²) in [5, 5.41) is 5.82. The van der Waals surface area contributed by atoms with Crippen molar-refractivity contribution in [2.45, 2.75) is 33.7 Å². The average molecular weight is 186 g/mol. The third-order valence-electron chi connectivity index (χ3n) is 2.56. The van der Waals surface area contributed by atoms with Gasteiger partial charge in [-0.15, -0.1) is 0 Å². The third-order valence-corrected chi connectivity index (χ3v) is 2.56. The first-order valence-corrected chi connectivity index (χ1v) is 4.94. The van der Waals surface area contributed by atoms with E-state index in [1.54, 1.807) is 7.05 Å². The highest BCUT2D eigenvalue weighted by Crippen LogP contribution is 2.07. The molecule has 2 unspecified atom stereocenters. The second-order valence-electron chi connectivity index (χ2n) is 3.98. The lowest BCUT2D eigenvalue weighted by Crippen LogP contribution is -2.42. The minimum absolute atomic E-state index is 0.0787. The molecule has 2 N–H and O–H groups in total. The fourth-order valence-corrected chi connectivity index (χ4v) is 0.781. The Labute approximate surface area is 81.3 Å². The molecule has 0 saturated heterocycles. The van der Waals surface area contributed by atoms with Gasteiger partial charge in [-0.3, -0.25) is 4.79 Å². The lowest BCUT2D eigenvalue weighted by atomic mass is 9.98. The summed E-state index contributed by atoms with van der Waals surface area (Å²) in [5.74, 6) is 1.23. The predicted octanol–water partition coefficient (Wildman–Crippen LogP) is 1.00. The molecule has 0 bridgehead atoms. The van der Waals surface area contributed by atoms with Crippen LogP contribution in [0.25, 0.3) is 0 Å². The van der Waals surface area contributed by atoms with E-state index in [-0.39, 0.29) is 11.9 Å². The van der Waals surface area contributed by atoms with E-state index >= 15 is 0 Å². The zero-order valence-corrected chi connectivity index (χ0v) is 9.35. The summed E-state index contributed by atoms with van der Waals surface area (Å²) in [6.07, 6.45) is 0. The first-order valence-electron chi connectivity index (χ1n) is 4.94. The monoisotopic (exact) mass is 186 g/mol. The van der Waals surface area contributed by atoms with Crippen molar-refractivity contribution in [2.24, 2.45) is 11.8 Å². The zero-order valence-electron chi connectivity index (χ0n) is 9.35. The van der Waals surface area contributed by atoms with Crippen LogP contribution in [0, 0.1) is 11.8 Å². The summed E-state index contributed by atoms with van der Waals surface area (Å²) in [5.41, 5.74) is 0. The summed E-state index contributed by atoms with van der Waals surface area (Å²) >= 11 is 0. The molecule has 1 amide bonds. The molecule has 13 heavy (non-hydrogen) atoms. The van der Waals surface area contributed by atoms with Crippen molar-refractivity contribution in [2.75, 3.05) is 13.6 Å². The van der Waals surface area contributed by atoms with Crippen LogP contribution < -0.4 is 10.6 Å². The zero-order chi connectivity index (χ0) is 10.4. The SMILES string of the molecule is CNC(C)C(=O)NCC(C)C(C)C. The highest BCUT2D eigenvalue weighted by Gasteiger charge is 2.12. The largest absolute Gasteiger partial charge is 0.354 e. The Balaban J connectivity index is 3.70. The Hall–Kier alpha value is -0.570. The molecule has 0 spiro atoms. The van der Waals surface area contributed by atoms with E-state index in [1.165, 1.54) is 0 Å². The standard InChI is InChI=1S/C10H22N2O/c1-7(2)8(3)6-12-10(13)9(4)11-5/h7-9,11H,6H2,1-5H3,(H,12,13). The van der Waals surface area contributed by atoms with Gasteiger partial charge in [-0.25, -0.2) is 0 Å². The van der Waals surface area contributed by atoms with Crippen molar-refractivity contribution in [1.29, 1.82) is 0 Å². The molecule has 3 heteroatoms. The van der Waals surface area contributed by atoms with Crippen molar-refractivity contribution in [3.8, 4) is 0 Å². The Morgan fingerprint density at radius 2 is 1.77 bits per heavy atom. The van der Waals surface area contributed by atoms with Crippen molar-refractivity contribution in [3.05, 3.63) is 0 Å². The molecular weight excluding hydrogens is 164 g/mol. The maximum Gasteiger partial charge on any atom is 0.236 e. The molecule has 0 aromatic carbocycles. The molecule has 0 aromatic rings. The van der Waals surface area contributed by atoms with Gasteiger partial charge in [0.2, 0.25) is 5.91 Å². The van der Waals surface area contributed by atoms with Crippen molar-refractivity contribution >= 4 is 5.91 Å². The molecule has 3 nitrogen and oxygen atoms in total. The molecule has 0 aliphatic heterocycles. The highest BCUT2D eigenvalue weighted by molar-refractivity contribution is 5.81. The molecule has 0 saturated carbocycles. The van der Waals surface area contributed by atoms with Crippen LogP contribution >= 0.6 is 0 Å². The molecule has 2 atom stereocenters. The van der Waals surface area contributed by atoms with Gasteiger partial charge in [0.25, 0.3) is 0 Å². The van der Waals surface area contributed by atoms with Gasteiger partial charge in [0.1, 0.15) is 0 Å². The van der Waals surface area contributed by atoms with Gasteiger partial charge >= 0.3 is 0 Å². The molecule has 0 radical (unpaired) electrons. The molecule has 0 aromatic heterocycles. The number of likely N-dealkylation sites (N-methyl/N-ethyl adjacent to an activating group) is 1. The second kappa shape index (κ2) is 5.97. The van der Waals surface area contributed by atoms with Crippen LogP contribution in [-0.4, -0.2) is 25.5 Å². The number of amides is 1. The van der Waals surface area contributed by atoms with E-state index in [4.69, 9.17) is 0 Å². The maximum atomic E-state index is 11.3. The normalized spacial score (nSPS) is 15.5. The number of carbonyl (C=O) groups excluding carboxylic acids is 1. The van der Waals surface area contributed by atoms with Gasteiger partial charge in [-0.2, -0.15) is 0 Å². The van der Waals surface area contributed by atoms with Crippen LogP contribution in [0.4, 0.5) is 0 Å². The van der Waals surface area contributed by atoms with Crippen LogP contribution in [0.1, 0.15) is 27.7 Å². The summed E-state index contributed by atoms with van der Waals surface area (Å²) in [4.78, 5) is 11.3. The topological polar surface area (TPSA) is 41.1 Å². The number of hydrogen-bond donors (Lipinski definition) is 2. The average Bonchev–Trinajstić information content (AvgIpc) is 2.11. The quantitative estimate of drug-likeness (QED) is 0.672. The molecule has 0 aliphatic carbocycles. The predicted molar refractivity (Wildman–Crippen MR) is 55.5 cm³/mol. The highest BCUT2D eigenvalue weighted by atomic mass is 16.2. The fourth-order valence-electron chi connectivity index (χ4n) is 0.781. The molecule has 0 heterocycles. The number of hydrogen-bond acceptors (Lipinski definition) is 2. The van der Waals surface area contributed by atoms with Gasteiger partial charge in [0, 0.05) is 6.54 Å². The van der Waals surface area contributed by atoms with Gasteiger partial charge < -0.3 is 10.6 Å². The fraction of sp³-hybridized carbons (Fsp3) is 0.900. The summed E-state index contributed by atoms with van der Waals surface area (Å²) in [7, 11) is 1.79. The lowest BCUT2D eigenvalue weighted by molar-refractivity contribution is -0.122. The van der Waals surface area contributed by atoms with Gasteiger partial charge in [-0.05, 0) is 25.8 Å². The van der Waals surface area contributed by atoms with Crippen molar-refractivity contribution in [1.82, 2.24) is 10.6 Å². The molecule has 0 aliphatic rings. The van der Waals surface area contributed by atoms with Crippen LogP contribution in [-0.2, 0) is 4.79 Å². The Kier molecular flexibility index (Phi) is 5.71.